The van der Waals surface area contributed by atoms with Gasteiger partial charge in [0.2, 0.25) is 0 Å². The fourth-order valence-electron chi connectivity index (χ4n) is 3.01. The van der Waals surface area contributed by atoms with E-state index in [1.54, 1.807) is 12.4 Å². The summed E-state index contributed by atoms with van der Waals surface area (Å²) in [5.41, 5.74) is 2.41. The normalized spacial score (nSPS) is 18.7. The molecule has 0 aliphatic carbocycles. The number of nitrogens with zero attached hydrogens (tertiary/aromatic N) is 1. The van der Waals surface area contributed by atoms with Crippen LogP contribution in [-0.2, 0) is 0 Å². The van der Waals surface area contributed by atoms with Crippen LogP contribution in [0.5, 0.6) is 5.75 Å². The van der Waals surface area contributed by atoms with Gasteiger partial charge in [0, 0.05) is 18.4 Å². The zero-order valence-electron chi connectivity index (χ0n) is 12.1. The van der Waals surface area contributed by atoms with E-state index in [0.717, 1.165) is 35.8 Å². The molecule has 1 aromatic carbocycles. The summed E-state index contributed by atoms with van der Waals surface area (Å²) in [6, 6.07) is 10.5. The molecule has 21 heavy (non-hydrogen) atoms. The number of hydrogen-bond acceptors (Lipinski definition) is 3. The van der Waals surface area contributed by atoms with Crippen LogP contribution in [0.15, 0.2) is 42.7 Å². The SMILES string of the molecule is CNC(CC1CCOc2ccccc21)c1ccncc1Cl. The van der Waals surface area contributed by atoms with Crippen molar-refractivity contribution in [3.8, 4) is 5.75 Å². The zero-order valence-corrected chi connectivity index (χ0v) is 12.8. The predicted molar refractivity (Wildman–Crippen MR) is 85.0 cm³/mol. The quantitative estimate of drug-likeness (QED) is 0.928. The molecule has 0 amide bonds. The Morgan fingerprint density at radius 3 is 3.05 bits per heavy atom. The van der Waals surface area contributed by atoms with Crippen LogP contribution in [0.25, 0.3) is 0 Å². The lowest BCUT2D eigenvalue weighted by Gasteiger charge is -2.29. The second-order valence-corrected chi connectivity index (χ2v) is 5.75. The van der Waals surface area contributed by atoms with Crippen molar-refractivity contribution in [3.63, 3.8) is 0 Å². The van der Waals surface area contributed by atoms with E-state index in [9.17, 15) is 0 Å². The van der Waals surface area contributed by atoms with Gasteiger partial charge < -0.3 is 10.1 Å². The number of halogens is 1. The number of benzene rings is 1. The first-order valence-electron chi connectivity index (χ1n) is 7.28. The smallest absolute Gasteiger partial charge is 0.122 e. The van der Waals surface area contributed by atoms with Crippen molar-refractivity contribution >= 4 is 11.6 Å². The molecule has 2 atom stereocenters. The minimum atomic E-state index is 0.219. The van der Waals surface area contributed by atoms with Crippen LogP contribution in [0, 0.1) is 0 Å². The molecule has 0 fully saturated rings. The lowest BCUT2D eigenvalue weighted by atomic mass is 9.86. The van der Waals surface area contributed by atoms with Gasteiger partial charge in [-0.2, -0.15) is 0 Å². The standard InChI is InChI=1S/C17H19ClN2O/c1-19-16(14-6-8-20-11-15(14)18)10-12-7-9-21-17-5-3-2-4-13(12)17/h2-6,8,11-12,16,19H,7,9-10H2,1H3. The summed E-state index contributed by atoms with van der Waals surface area (Å²) in [6.45, 7) is 0.780. The van der Waals surface area contributed by atoms with Gasteiger partial charge in [-0.05, 0) is 49.1 Å². The van der Waals surface area contributed by atoms with Crippen LogP contribution >= 0.6 is 11.6 Å². The molecular formula is C17H19ClN2O. The van der Waals surface area contributed by atoms with E-state index in [1.165, 1.54) is 5.56 Å². The molecular weight excluding hydrogens is 284 g/mol. The minimum absolute atomic E-state index is 0.219. The highest BCUT2D eigenvalue weighted by molar-refractivity contribution is 6.31. The fourth-order valence-corrected chi connectivity index (χ4v) is 3.27. The monoisotopic (exact) mass is 302 g/mol. The van der Waals surface area contributed by atoms with Crippen LogP contribution in [0.2, 0.25) is 5.02 Å². The highest BCUT2D eigenvalue weighted by atomic mass is 35.5. The molecule has 4 heteroatoms. The van der Waals surface area contributed by atoms with Crippen molar-refractivity contribution in [2.45, 2.75) is 24.8 Å². The summed E-state index contributed by atoms with van der Waals surface area (Å²) in [4.78, 5) is 4.06. The van der Waals surface area contributed by atoms with Gasteiger partial charge in [-0.3, -0.25) is 4.98 Å². The lowest BCUT2D eigenvalue weighted by molar-refractivity contribution is 0.256. The van der Waals surface area contributed by atoms with Crippen LogP contribution < -0.4 is 10.1 Å². The molecule has 2 heterocycles. The van der Waals surface area contributed by atoms with E-state index in [4.69, 9.17) is 16.3 Å². The van der Waals surface area contributed by atoms with Gasteiger partial charge in [0.15, 0.2) is 0 Å². The molecule has 2 aromatic rings. The predicted octanol–water partition coefficient (Wildman–Crippen LogP) is 3.95. The van der Waals surface area contributed by atoms with Gasteiger partial charge in [-0.25, -0.2) is 0 Å². The maximum Gasteiger partial charge on any atom is 0.122 e. The van der Waals surface area contributed by atoms with E-state index < -0.39 is 0 Å². The molecule has 3 nitrogen and oxygen atoms in total. The van der Waals surface area contributed by atoms with E-state index >= 15 is 0 Å². The number of pyridine rings is 1. The molecule has 0 spiro atoms. The Balaban J connectivity index is 1.84. The third-order valence-corrected chi connectivity index (χ3v) is 4.45. The molecule has 110 valence electrons. The summed E-state index contributed by atoms with van der Waals surface area (Å²) >= 11 is 6.29. The van der Waals surface area contributed by atoms with Gasteiger partial charge in [0.1, 0.15) is 5.75 Å². The van der Waals surface area contributed by atoms with Crippen molar-refractivity contribution < 1.29 is 4.74 Å². The molecule has 3 rings (SSSR count). The van der Waals surface area contributed by atoms with E-state index in [-0.39, 0.29) is 6.04 Å². The molecule has 1 aliphatic rings. The Hall–Kier alpha value is -1.58. The number of ether oxygens (including phenoxy) is 1. The van der Waals surface area contributed by atoms with E-state index in [2.05, 4.69) is 28.5 Å². The van der Waals surface area contributed by atoms with E-state index in [1.807, 2.05) is 19.2 Å². The largest absolute Gasteiger partial charge is 0.493 e. The van der Waals surface area contributed by atoms with Crippen LogP contribution in [0.3, 0.4) is 0 Å². The van der Waals surface area contributed by atoms with Gasteiger partial charge in [-0.15, -0.1) is 0 Å². The number of nitrogens with one attached hydrogen (secondary N) is 1. The third kappa shape index (κ3) is 3.04. The summed E-state index contributed by atoms with van der Waals surface area (Å²) in [6.07, 6.45) is 5.54. The topological polar surface area (TPSA) is 34.1 Å². The molecule has 0 bridgehead atoms. The summed E-state index contributed by atoms with van der Waals surface area (Å²) in [7, 11) is 1.98. The van der Waals surface area contributed by atoms with Crippen molar-refractivity contribution in [1.29, 1.82) is 0 Å². The highest BCUT2D eigenvalue weighted by Gasteiger charge is 2.25. The molecule has 1 N–H and O–H groups in total. The Morgan fingerprint density at radius 2 is 2.24 bits per heavy atom. The number of aromatic nitrogens is 1. The first-order chi connectivity index (χ1) is 10.3. The number of para-hydroxylation sites is 1. The number of hydrogen-bond donors (Lipinski definition) is 1. The second-order valence-electron chi connectivity index (χ2n) is 5.35. The Bertz CT molecular complexity index is 617. The Morgan fingerprint density at radius 1 is 1.38 bits per heavy atom. The lowest BCUT2D eigenvalue weighted by Crippen LogP contribution is -2.23. The molecule has 0 radical (unpaired) electrons. The Labute approximate surface area is 130 Å². The van der Waals surface area contributed by atoms with Gasteiger partial charge in [0.25, 0.3) is 0 Å². The van der Waals surface area contributed by atoms with Crippen LogP contribution in [0.4, 0.5) is 0 Å². The molecule has 2 unspecified atom stereocenters. The van der Waals surface area contributed by atoms with Crippen molar-refractivity contribution in [3.05, 3.63) is 58.9 Å². The first-order valence-corrected chi connectivity index (χ1v) is 7.65. The number of fused-ring (bicyclic) bond motifs is 1. The van der Waals surface area contributed by atoms with Gasteiger partial charge in [-0.1, -0.05) is 29.8 Å². The van der Waals surface area contributed by atoms with Crippen LogP contribution in [-0.4, -0.2) is 18.6 Å². The molecule has 1 aliphatic heterocycles. The average molecular weight is 303 g/mol. The zero-order chi connectivity index (χ0) is 14.7. The summed E-state index contributed by atoms with van der Waals surface area (Å²) in [5, 5.41) is 4.10. The summed E-state index contributed by atoms with van der Waals surface area (Å²) in [5.74, 6) is 1.50. The maximum absolute atomic E-state index is 6.29. The Kier molecular flexibility index (Phi) is 4.42. The van der Waals surface area contributed by atoms with Gasteiger partial charge >= 0.3 is 0 Å². The van der Waals surface area contributed by atoms with Crippen LogP contribution in [0.1, 0.15) is 35.9 Å². The molecule has 0 saturated carbocycles. The third-order valence-electron chi connectivity index (χ3n) is 4.13. The average Bonchev–Trinajstić information content (AvgIpc) is 2.53. The minimum Gasteiger partial charge on any atom is -0.493 e. The second kappa shape index (κ2) is 6.46. The highest BCUT2D eigenvalue weighted by Crippen LogP contribution is 2.39. The molecule has 1 aromatic heterocycles. The van der Waals surface area contributed by atoms with E-state index in [0.29, 0.717) is 5.92 Å². The fraction of sp³-hybridized carbons (Fsp3) is 0.353. The molecule has 0 saturated heterocycles. The van der Waals surface area contributed by atoms with Gasteiger partial charge in [0.05, 0.1) is 11.6 Å². The van der Waals surface area contributed by atoms with Crippen molar-refractivity contribution in [2.24, 2.45) is 0 Å². The van der Waals surface area contributed by atoms with Crippen molar-refractivity contribution in [2.75, 3.05) is 13.7 Å². The van der Waals surface area contributed by atoms with Crippen molar-refractivity contribution in [1.82, 2.24) is 10.3 Å². The summed E-state index contributed by atoms with van der Waals surface area (Å²) < 4.78 is 5.74. The first kappa shape index (κ1) is 14.4. The number of rotatable bonds is 4. The maximum atomic E-state index is 6.29.